The number of allylic oxidation sites excluding steroid dienone is 2. The SMILES string of the molecule is C=CC(=CC)S(=O)(=O)CC(CC)C1c2ccccc2C(C)Cc2[nH]ccc21. The Labute approximate surface area is 163 Å². The Balaban J connectivity index is 2.12. The zero-order valence-electron chi connectivity index (χ0n) is 16.4. The fourth-order valence-corrected chi connectivity index (χ4v) is 6.27. The summed E-state index contributed by atoms with van der Waals surface area (Å²) >= 11 is 0. The predicted octanol–water partition coefficient (Wildman–Crippen LogP) is 5.34. The molecule has 3 unspecified atom stereocenters. The molecular weight excluding hydrogens is 354 g/mol. The van der Waals surface area contributed by atoms with Crippen molar-refractivity contribution >= 4 is 9.84 Å². The maximum absolute atomic E-state index is 13.0. The molecule has 4 heteroatoms. The molecule has 3 rings (SSSR count). The average Bonchev–Trinajstić information content (AvgIpc) is 3.05. The maximum Gasteiger partial charge on any atom is 0.178 e. The number of hydrogen-bond acceptors (Lipinski definition) is 2. The molecule has 0 amide bonds. The van der Waals surface area contributed by atoms with Crippen molar-refractivity contribution < 1.29 is 8.42 Å². The Bertz CT molecular complexity index is 952. The molecule has 1 heterocycles. The molecule has 1 aromatic carbocycles. The van der Waals surface area contributed by atoms with Crippen LogP contribution in [0.25, 0.3) is 0 Å². The molecule has 1 aliphatic rings. The molecule has 1 N–H and O–H groups in total. The molecule has 3 atom stereocenters. The van der Waals surface area contributed by atoms with Gasteiger partial charge in [-0.15, -0.1) is 0 Å². The summed E-state index contributed by atoms with van der Waals surface area (Å²) in [6.07, 6.45) is 6.82. The van der Waals surface area contributed by atoms with Gasteiger partial charge < -0.3 is 4.98 Å². The van der Waals surface area contributed by atoms with Crippen LogP contribution in [0.15, 0.2) is 60.2 Å². The highest BCUT2D eigenvalue weighted by atomic mass is 32.2. The topological polar surface area (TPSA) is 49.9 Å². The van der Waals surface area contributed by atoms with E-state index in [0.717, 1.165) is 12.8 Å². The molecular formula is C23H29NO2S. The summed E-state index contributed by atoms with van der Waals surface area (Å²) in [6.45, 7) is 9.77. The lowest BCUT2D eigenvalue weighted by molar-refractivity contribution is 0.487. The normalized spacial score (nSPS) is 21.1. The van der Waals surface area contributed by atoms with Crippen molar-refractivity contribution in [1.29, 1.82) is 0 Å². The fraction of sp³-hybridized carbons (Fsp3) is 0.391. The molecule has 144 valence electrons. The van der Waals surface area contributed by atoms with Crippen molar-refractivity contribution in [3.8, 4) is 0 Å². The van der Waals surface area contributed by atoms with Crippen LogP contribution in [0.3, 0.4) is 0 Å². The van der Waals surface area contributed by atoms with Gasteiger partial charge in [0.25, 0.3) is 0 Å². The van der Waals surface area contributed by atoms with Gasteiger partial charge in [0.15, 0.2) is 9.84 Å². The van der Waals surface area contributed by atoms with Crippen LogP contribution in [0.5, 0.6) is 0 Å². The zero-order valence-corrected chi connectivity index (χ0v) is 17.2. The van der Waals surface area contributed by atoms with Gasteiger partial charge in [0.2, 0.25) is 0 Å². The van der Waals surface area contributed by atoms with E-state index in [1.54, 1.807) is 13.0 Å². The second-order valence-electron chi connectivity index (χ2n) is 7.47. The summed E-state index contributed by atoms with van der Waals surface area (Å²) in [5.74, 6) is 0.616. The van der Waals surface area contributed by atoms with E-state index in [2.05, 4.69) is 55.7 Å². The number of hydrogen-bond donors (Lipinski definition) is 1. The van der Waals surface area contributed by atoms with E-state index in [9.17, 15) is 8.42 Å². The van der Waals surface area contributed by atoms with Crippen LogP contribution >= 0.6 is 0 Å². The molecule has 0 fully saturated rings. The highest BCUT2D eigenvalue weighted by Gasteiger charge is 2.35. The second kappa shape index (κ2) is 7.89. The van der Waals surface area contributed by atoms with Gasteiger partial charge in [0.05, 0.1) is 10.7 Å². The van der Waals surface area contributed by atoms with Crippen LogP contribution in [0.1, 0.15) is 61.4 Å². The number of aromatic nitrogens is 1. The predicted molar refractivity (Wildman–Crippen MR) is 113 cm³/mol. The lowest BCUT2D eigenvalue weighted by Gasteiger charge is -2.28. The van der Waals surface area contributed by atoms with Crippen LogP contribution in [0.2, 0.25) is 0 Å². The number of aromatic amines is 1. The number of benzene rings is 1. The van der Waals surface area contributed by atoms with Crippen LogP contribution in [0, 0.1) is 5.92 Å². The molecule has 0 spiro atoms. The Kier molecular flexibility index (Phi) is 5.75. The number of nitrogens with one attached hydrogen (secondary N) is 1. The number of rotatable bonds is 6. The minimum absolute atomic E-state index is 0.00546. The fourth-order valence-electron chi connectivity index (χ4n) is 4.47. The molecule has 1 aliphatic carbocycles. The standard InChI is InChI=1S/C23H29NO2S/c1-5-17(15-27(25,26)18(6-2)7-3)23-20-11-9-8-10-19(20)16(4)14-22-21(23)12-13-24-22/h6-13,16-17,23-24H,2,5,14-15H2,1,3-4H3. The van der Waals surface area contributed by atoms with Crippen molar-refractivity contribution in [2.24, 2.45) is 5.92 Å². The van der Waals surface area contributed by atoms with E-state index in [0.29, 0.717) is 10.8 Å². The van der Waals surface area contributed by atoms with Gasteiger partial charge in [-0.2, -0.15) is 0 Å². The molecule has 27 heavy (non-hydrogen) atoms. The summed E-state index contributed by atoms with van der Waals surface area (Å²) in [4.78, 5) is 3.73. The third-order valence-corrected chi connectivity index (χ3v) is 7.84. The smallest absolute Gasteiger partial charge is 0.178 e. The van der Waals surface area contributed by atoms with E-state index in [-0.39, 0.29) is 17.6 Å². The first-order valence-corrected chi connectivity index (χ1v) is 11.3. The van der Waals surface area contributed by atoms with Crippen LogP contribution < -0.4 is 0 Å². The van der Waals surface area contributed by atoms with E-state index in [4.69, 9.17) is 0 Å². The number of fused-ring (bicyclic) bond motifs is 2. The van der Waals surface area contributed by atoms with Gasteiger partial charge in [0.1, 0.15) is 0 Å². The number of H-pyrrole nitrogens is 1. The lowest BCUT2D eigenvalue weighted by atomic mass is 9.79. The highest BCUT2D eigenvalue weighted by Crippen LogP contribution is 2.44. The van der Waals surface area contributed by atoms with Crippen molar-refractivity contribution in [1.82, 2.24) is 4.98 Å². The summed E-state index contributed by atoms with van der Waals surface area (Å²) in [5, 5.41) is 0. The second-order valence-corrected chi connectivity index (χ2v) is 9.50. The van der Waals surface area contributed by atoms with Gasteiger partial charge in [0, 0.05) is 17.8 Å². The van der Waals surface area contributed by atoms with Crippen molar-refractivity contribution in [2.45, 2.75) is 45.4 Å². The quantitative estimate of drug-likeness (QED) is 0.685. The Hall–Kier alpha value is -2.07. The molecule has 1 aromatic heterocycles. The first-order chi connectivity index (χ1) is 12.9. The number of sulfone groups is 1. The summed E-state index contributed by atoms with van der Waals surface area (Å²) < 4.78 is 25.9. The van der Waals surface area contributed by atoms with Gasteiger partial charge >= 0.3 is 0 Å². The van der Waals surface area contributed by atoms with Crippen LogP contribution in [-0.4, -0.2) is 19.2 Å². The van der Waals surface area contributed by atoms with E-state index >= 15 is 0 Å². The van der Waals surface area contributed by atoms with Gasteiger partial charge in [-0.25, -0.2) is 8.42 Å². The van der Waals surface area contributed by atoms with Crippen molar-refractivity contribution in [3.05, 3.63) is 82.5 Å². The van der Waals surface area contributed by atoms with Crippen LogP contribution in [0.4, 0.5) is 0 Å². The van der Waals surface area contributed by atoms with E-state index < -0.39 is 9.84 Å². The first-order valence-electron chi connectivity index (χ1n) is 9.69. The Morgan fingerprint density at radius 1 is 1.26 bits per heavy atom. The van der Waals surface area contributed by atoms with Crippen LogP contribution in [-0.2, 0) is 16.3 Å². The molecule has 3 nitrogen and oxygen atoms in total. The molecule has 0 aliphatic heterocycles. The molecule has 0 bridgehead atoms. The summed E-state index contributed by atoms with van der Waals surface area (Å²) in [7, 11) is -3.36. The minimum Gasteiger partial charge on any atom is -0.365 e. The lowest BCUT2D eigenvalue weighted by Crippen LogP contribution is -2.24. The molecule has 0 saturated carbocycles. The summed E-state index contributed by atoms with van der Waals surface area (Å²) in [5.41, 5.74) is 5.08. The average molecular weight is 384 g/mol. The van der Waals surface area contributed by atoms with Crippen molar-refractivity contribution in [2.75, 3.05) is 5.75 Å². The van der Waals surface area contributed by atoms with Crippen molar-refractivity contribution in [3.63, 3.8) is 0 Å². The Morgan fingerprint density at radius 2 is 1.96 bits per heavy atom. The monoisotopic (exact) mass is 383 g/mol. The third kappa shape index (κ3) is 3.68. The van der Waals surface area contributed by atoms with E-state index in [1.807, 2.05) is 6.20 Å². The van der Waals surface area contributed by atoms with Gasteiger partial charge in [-0.1, -0.05) is 63.3 Å². The zero-order chi connectivity index (χ0) is 19.6. The molecule has 0 saturated heterocycles. The van der Waals surface area contributed by atoms with E-state index in [1.165, 1.54) is 28.5 Å². The molecule has 2 aromatic rings. The summed E-state index contributed by atoms with van der Waals surface area (Å²) in [6, 6.07) is 10.7. The third-order valence-electron chi connectivity index (χ3n) is 5.85. The van der Waals surface area contributed by atoms with Gasteiger partial charge in [-0.05, 0) is 47.9 Å². The minimum atomic E-state index is -3.36. The maximum atomic E-state index is 13.0. The highest BCUT2D eigenvalue weighted by molar-refractivity contribution is 7.95. The Morgan fingerprint density at radius 3 is 2.59 bits per heavy atom. The largest absolute Gasteiger partial charge is 0.365 e. The van der Waals surface area contributed by atoms with Gasteiger partial charge in [-0.3, -0.25) is 0 Å². The first kappa shape index (κ1) is 19.7. The molecule has 0 radical (unpaired) electrons.